The lowest BCUT2D eigenvalue weighted by Gasteiger charge is -1.98. The van der Waals surface area contributed by atoms with Gasteiger partial charge in [-0.15, -0.1) is 0 Å². The highest BCUT2D eigenvalue weighted by atomic mass is 16.1. The molecule has 0 atom stereocenters. The molecule has 0 bridgehead atoms. The van der Waals surface area contributed by atoms with E-state index in [1.165, 1.54) is 0 Å². The molecule has 0 aliphatic heterocycles. The van der Waals surface area contributed by atoms with E-state index in [0.717, 1.165) is 17.0 Å². The molecule has 0 fully saturated rings. The fourth-order valence-electron chi connectivity index (χ4n) is 1.63. The molecule has 0 unspecified atom stereocenters. The molecule has 1 amide bonds. The topological polar surface area (TPSA) is 84.9 Å². The zero-order chi connectivity index (χ0) is 11.7. The molecule has 0 aliphatic rings. The fourth-order valence-corrected chi connectivity index (χ4v) is 1.63. The van der Waals surface area contributed by atoms with E-state index >= 15 is 0 Å². The van der Waals surface area contributed by atoms with Crippen LogP contribution >= 0.6 is 0 Å². The van der Waals surface area contributed by atoms with Crippen molar-refractivity contribution in [2.75, 3.05) is 5.73 Å². The Labute approximate surface area is 93.3 Å². The molecular formula is C12H13N3O. The van der Waals surface area contributed by atoms with E-state index in [1.54, 1.807) is 6.07 Å². The quantitative estimate of drug-likeness (QED) is 0.666. The number of H-pyrrole nitrogens is 1. The number of hydrogen-bond acceptors (Lipinski definition) is 2. The van der Waals surface area contributed by atoms with Crippen molar-refractivity contribution in [1.29, 1.82) is 0 Å². The molecule has 0 saturated heterocycles. The van der Waals surface area contributed by atoms with Crippen molar-refractivity contribution in [3.8, 4) is 11.3 Å². The van der Waals surface area contributed by atoms with Crippen LogP contribution in [0.4, 0.5) is 5.69 Å². The Morgan fingerprint density at radius 3 is 2.38 bits per heavy atom. The highest BCUT2D eigenvalue weighted by Gasteiger charge is 2.10. The monoisotopic (exact) mass is 215 g/mol. The van der Waals surface area contributed by atoms with E-state index in [-0.39, 0.29) is 0 Å². The Morgan fingerprint density at radius 1 is 1.25 bits per heavy atom. The maximum atomic E-state index is 11.1. The number of nitrogen functional groups attached to an aromatic ring is 1. The minimum absolute atomic E-state index is 0.421. The number of aromatic nitrogens is 1. The minimum atomic E-state index is -0.421. The first-order valence-corrected chi connectivity index (χ1v) is 4.93. The van der Waals surface area contributed by atoms with Gasteiger partial charge in [0, 0.05) is 17.1 Å². The normalized spacial score (nSPS) is 10.3. The van der Waals surface area contributed by atoms with E-state index in [2.05, 4.69) is 4.98 Å². The largest absolute Gasteiger partial charge is 0.399 e. The van der Waals surface area contributed by atoms with Crippen molar-refractivity contribution in [3.05, 3.63) is 41.6 Å². The number of primary amides is 1. The Balaban J connectivity index is 2.45. The van der Waals surface area contributed by atoms with Crippen LogP contribution in [0.1, 0.15) is 16.1 Å². The first-order chi connectivity index (χ1) is 7.58. The molecular weight excluding hydrogens is 202 g/mol. The van der Waals surface area contributed by atoms with Gasteiger partial charge in [-0.05, 0) is 30.7 Å². The van der Waals surface area contributed by atoms with Gasteiger partial charge in [-0.2, -0.15) is 0 Å². The van der Waals surface area contributed by atoms with Crippen molar-refractivity contribution >= 4 is 11.6 Å². The first-order valence-electron chi connectivity index (χ1n) is 4.93. The second-order valence-corrected chi connectivity index (χ2v) is 3.71. The Bertz CT molecular complexity index is 526. The third kappa shape index (κ3) is 1.77. The summed E-state index contributed by atoms with van der Waals surface area (Å²) in [6.45, 7) is 1.82. The number of aromatic amines is 1. The van der Waals surface area contributed by atoms with Gasteiger partial charge in [0.2, 0.25) is 0 Å². The Morgan fingerprint density at radius 2 is 1.88 bits per heavy atom. The number of amides is 1. The van der Waals surface area contributed by atoms with Crippen LogP contribution in [-0.4, -0.2) is 10.9 Å². The van der Waals surface area contributed by atoms with E-state index in [4.69, 9.17) is 11.5 Å². The maximum Gasteiger partial charge on any atom is 0.250 e. The SMILES string of the molecule is Cc1[nH]c(-c2ccc(N)cc2)cc1C(N)=O. The van der Waals surface area contributed by atoms with Crippen LogP contribution < -0.4 is 11.5 Å². The highest BCUT2D eigenvalue weighted by molar-refractivity contribution is 5.95. The van der Waals surface area contributed by atoms with Gasteiger partial charge in [0.1, 0.15) is 0 Å². The van der Waals surface area contributed by atoms with Gasteiger partial charge in [-0.3, -0.25) is 4.79 Å². The number of aryl methyl sites for hydroxylation is 1. The number of carbonyl (C=O) groups excluding carboxylic acids is 1. The Hall–Kier alpha value is -2.23. The van der Waals surface area contributed by atoms with Gasteiger partial charge < -0.3 is 16.5 Å². The van der Waals surface area contributed by atoms with Gasteiger partial charge in [0.15, 0.2) is 0 Å². The van der Waals surface area contributed by atoms with E-state index < -0.39 is 5.91 Å². The molecule has 0 aliphatic carbocycles. The van der Waals surface area contributed by atoms with Crippen LogP contribution in [-0.2, 0) is 0 Å². The number of benzene rings is 1. The molecule has 1 aromatic carbocycles. The van der Waals surface area contributed by atoms with Gasteiger partial charge in [-0.25, -0.2) is 0 Å². The van der Waals surface area contributed by atoms with E-state index in [0.29, 0.717) is 11.3 Å². The van der Waals surface area contributed by atoms with Gasteiger partial charge in [-0.1, -0.05) is 12.1 Å². The predicted molar refractivity (Wildman–Crippen MR) is 63.9 cm³/mol. The molecule has 0 saturated carbocycles. The average Bonchev–Trinajstić information content (AvgIpc) is 2.61. The summed E-state index contributed by atoms with van der Waals surface area (Å²) in [7, 11) is 0. The third-order valence-electron chi connectivity index (χ3n) is 2.50. The second kappa shape index (κ2) is 3.73. The van der Waals surface area contributed by atoms with Crippen molar-refractivity contribution in [3.63, 3.8) is 0 Å². The molecule has 4 nitrogen and oxygen atoms in total. The standard InChI is InChI=1S/C12H13N3O/c1-7-10(12(14)16)6-11(15-7)8-2-4-9(13)5-3-8/h2-6,15H,13H2,1H3,(H2,14,16). The van der Waals surface area contributed by atoms with Crippen molar-refractivity contribution < 1.29 is 4.79 Å². The van der Waals surface area contributed by atoms with Gasteiger partial charge in [0.25, 0.3) is 5.91 Å². The van der Waals surface area contributed by atoms with Gasteiger partial charge >= 0.3 is 0 Å². The lowest BCUT2D eigenvalue weighted by Crippen LogP contribution is -2.10. The van der Waals surface area contributed by atoms with Crippen LogP contribution in [0.3, 0.4) is 0 Å². The summed E-state index contributed by atoms with van der Waals surface area (Å²) < 4.78 is 0. The summed E-state index contributed by atoms with van der Waals surface area (Å²) >= 11 is 0. The molecule has 2 aromatic rings. The number of rotatable bonds is 2. The highest BCUT2D eigenvalue weighted by Crippen LogP contribution is 2.22. The van der Waals surface area contributed by atoms with Crippen molar-refractivity contribution in [2.45, 2.75) is 6.92 Å². The predicted octanol–water partition coefficient (Wildman–Crippen LogP) is 1.67. The smallest absolute Gasteiger partial charge is 0.250 e. The number of nitrogens with two attached hydrogens (primary N) is 2. The number of anilines is 1. The molecule has 1 heterocycles. The summed E-state index contributed by atoms with van der Waals surface area (Å²) in [4.78, 5) is 14.2. The summed E-state index contributed by atoms with van der Waals surface area (Å²) in [6, 6.07) is 9.17. The number of hydrogen-bond donors (Lipinski definition) is 3. The van der Waals surface area contributed by atoms with Crippen LogP contribution in [0, 0.1) is 6.92 Å². The lowest BCUT2D eigenvalue weighted by atomic mass is 10.1. The zero-order valence-corrected chi connectivity index (χ0v) is 8.95. The van der Waals surface area contributed by atoms with E-state index in [9.17, 15) is 4.79 Å². The van der Waals surface area contributed by atoms with Crippen LogP contribution in [0.2, 0.25) is 0 Å². The molecule has 82 valence electrons. The van der Waals surface area contributed by atoms with Crippen LogP contribution in [0.5, 0.6) is 0 Å². The van der Waals surface area contributed by atoms with E-state index in [1.807, 2.05) is 31.2 Å². The molecule has 5 N–H and O–H groups in total. The molecule has 16 heavy (non-hydrogen) atoms. The average molecular weight is 215 g/mol. The first kappa shape index (κ1) is 10.3. The lowest BCUT2D eigenvalue weighted by molar-refractivity contribution is 0.1000. The molecule has 2 rings (SSSR count). The van der Waals surface area contributed by atoms with Crippen LogP contribution in [0.25, 0.3) is 11.3 Å². The maximum absolute atomic E-state index is 11.1. The van der Waals surface area contributed by atoms with Crippen molar-refractivity contribution in [2.24, 2.45) is 5.73 Å². The number of nitrogens with one attached hydrogen (secondary N) is 1. The fraction of sp³-hybridized carbons (Fsp3) is 0.0833. The summed E-state index contributed by atoms with van der Waals surface area (Å²) in [6.07, 6.45) is 0. The second-order valence-electron chi connectivity index (χ2n) is 3.71. The molecule has 0 spiro atoms. The van der Waals surface area contributed by atoms with Crippen LogP contribution in [0.15, 0.2) is 30.3 Å². The van der Waals surface area contributed by atoms with Crippen molar-refractivity contribution in [1.82, 2.24) is 4.98 Å². The molecule has 4 heteroatoms. The van der Waals surface area contributed by atoms with Gasteiger partial charge in [0.05, 0.1) is 5.56 Å². The summed E-state index contributed by atoms with van der Waals surface area (Å²) in [5.74, 6) is -0.421. The third-order valence-corrected chi connectivity index (χ3v) is 2.50. The minimum Gasteiger partial charge on any atom is -0.399 e. The summed E-state index contributed by atoms with van der Waals surface area (Å²) in [5, 5.41) is 0. The molecule has 1 aromatic heterocycles. The summed E-state index contributed by atoms with van der Waals surface area (Å²) in [5.41, 5.74) is 14.7. The molecule has 0 radical (unpaired) electrons. The number of carbonyl (C=O) groups is 1. The Kier molecular flexibility index (Phi) is 2.40. The zero-order valence-electron chi connectivity index (χ0n) is 8.95.